The molecule has 2 heterocycles. The number of ether oxygens (including phenoxy) is 1. The Bertz CT molecular complexity index is 1380. The first-order chi connectivity index (χ1) is 16.6. The van der Waals surface area contributed by atoms with Crippen molar-refractivity contribution in [1.29, 1.82) is 0 Å². The number of carbonyl (C=O) groups excluding carboxylic acids is 2. The summed E-state index contributed by atoms with van der Waals surface area (Å²) in [5.41, 5.74) is 5.61. The third-order valence-electron chi connectivity index (χ3n) is 6.25. The van der Waals surface area contributed by atoms with E-state index in [0.717, 1.165) is 64.7 Å². The van der Waals surface area contributed by atoms with Crippen LogP contribution in [-0.2, 0) is 17.6 Å². The summed E-state index contributed by atoms with van der Waals surface area (Å²) in [4.78, 5) is 30.9. The van der Waals surface area contributed by atoms with Gasteiger partial charge in [-0.1, -0.05) is 49.4 Å². The highest BCUT2D eigenvalue weighted by Crippen LogP contribution is 2.36. The van der Waals surface area contributed by atoms with E-state index in [-0.39, 0.29) is 12.4 Å². The number of esters is 1. The summed E-state index contributed by atoms with van der Waals surface area (Å²) in [7, 11) is 0. The molecule has 0 radical (unpaired) electrons. The van der Waals surface area contributed by atoms with Crippen molar-refractivity contribution in [2.45, 2.75) is 32.6 Å². The third kappa shape index (κ3) is 4.29. The number of allylic oxidation sites excluding steroid dienone is 1. The SMILES string of the molecule is CCc1ccc(C(=O)COC(=O)c2c3c(nc4ccccc24)/C(=C/c2ccco2)CCC3)cc1. The summed E-state index contributed by atoms with van der Waals surface area (Å²) in [5, 5.41) is 0.741. The highest BCUT2D eigenvalue weighted by Gasteiger charge is 2.26. The van der Waals surface area contributed by atoms with Crippen LogP contribution in [0.15, 0.2) is 71.3 Å². The number of ketones is 1. The first-order valence-electron chi connectivity index (χ1n) is 11.6. The predicted octanol–water partition coefficient (Wildman–Crippen LogP) is 6.31. The molecule has 0 unspecified atom stereocenters. The van der Waals surface area contributed by atoms with E-state index in [1.54, 1.807) is 18.4 Å². The molecule has 1 aliphatic rings. The number of aromatic nitrogens is 1. The van der Waals surface area contributed by atoms with Crippen LogP contribution in [0.3, 0.4) is 0 Å². The summed E-state index contributed by atoms with van der Waals surface area (Å²) in [5.74, 6) is 0.0379. The first kappa shape index (κ1) is 21.8. The van der Waals surface area contributed by atoms with Crippen LogP contribution in [0.25, 0.3) is 22.6 Å². The molecule has 2 aromatic heterocycles. The minimum atomic E-state index is -0.493. The van der Waals surface area contributed by atoms with Crippen LogP contribution >= 0.6 is 0 Å². The summed E-state index contributed by atoms with van der Waals surface area (Å²) in [6.07, 6.45) is 6.99. The van der Waals surface area contributed by atoms with Gasteiger partial charge in [0.1, 0.15) is 5.76 Å². The lowest BCUT2D eigenvalue weighted by atomic mass is 9.86. The fraction of sp³-hybridized carbons (Fsp3) is 0.207. The van der Waals surface area contributed by atoms with Crippen molar-refractivity contribution < 1.29 is 18.7 Å². The number of fused-ring (bicyclic) bond motifs is 2. The molecule has 0 amide bonds. The van der Waals surface area contributed by atoms with Gasteiger partial charge in [0.05, 0.1) is 23.0 Å². The molecule has 4 aromatic rings. The second-order valence-electron chi connectivity index (χ2n) is 8.42. The van der Waals surface area contributed by atoms with E-state index in [0.29, 0.717) is 11.1 Å². The molecule has 34 heavy (non-hydrogen) atoms. The topological polar surface area (TPSA) is 69.4 Å². The zero-order chi connectivity index (χ0) is 23.5. The maximum Gasteiger partial charge on any atom is 0.339 e. The Morgan fingerprint density at radius 1 is 1.03 bits per heavy atom. The molecule has 2 aromatic carbocycles. The Balaban J connectivity index is 1.48. The van der Waals surface area contributed by atoms with Crippen molar-refractivity contribution in [1.82, 2.24) is 4.98 Å². The molecule has 0 N–H and O–H groups in total. The summed E-state index contributed by atoms with van der Waals surface area (Å²) in [6, 6.07) is 18.7. The Labute approximate surface area is 198 Å². The molecule has 5 rings (SSSR count). The lowest BCUT2D eigenvalue weighted by molar-refractivity contribution is 0.0475. The average molecular weight is 452 g/mol. The summed E-state index contributed by atoms with van der Waals surface area (Å²) < 4.78 is 11.1. The number of pyridine rings is 1. The molecule has 0 bridgehead atoms. The standard InChI is InChI=1S/C29H25NO4/c1-2-19-12-14-20(15-13-19)26(31)18-34-29(32)27-23-9-3-4-11-25(23)30-28-21(7-5-10-24(27)28)17-22-8-6-16-33-22/h3-4,6,8-9,11-17H,2,5,7,10,18H2,1H3/b21-17+. The molecule has 0 fully saturated rings. The van der Waals surface area contributed by atoms with E-state index in [2.05, 4.69) is 6.92 Å². The van der Waals surface area contributed by atoms with E-state index < -0.39 is 5.97 Å². The maximum atomic E-state index is 13.4. The zero-order valence-electron chi connectivity index (χ0n) is 19.0. The van der Waals surface area contributed by atoms with Crippen molar-refractivity contribution in [2.24, 2.45) is 0 Å². The Morgan fingerprint density at radius 3 is 2.62 bits per heavy atom. The van der Waals surface area contributed by atoms with Gasteiger partial charge >= 0.3 is 5.97 Å². The van der Waals surface area contributed by atoms with E-state index in [4.69, 9.17) is 14.1 Å². The van der Waals surface area contributed by atoms with Crippen molar-refractivity contribution in [2.75, 3.05) is 6.61 Å². The van der Waals surface area contributed by atoms with E-state index in [9.17, 15) is 9.59 Å². The minimum Gasteiger partial charge on any atom is -0.465 e. The zero-order valence-corrected chi connectivity index (χ0v) is 19.0. The van der Waals surface area contributed by atoms with Crippen LogP contribution in [0.4, 0.5) is 0 Å². The quantitative estimate of drug-likeness (QED) is 0.254. The van der Waals surface area contributed by atoms with Gasteiger partial charge in [0, 0.05) is 10.9 Å². The average Bonchev–Trinajstić information content (AvgIpc) is 3.39. The molecular weight excluding hydrogens is 426 g/mol. The molecule has 0 aliphatic heterocycles. The molecule has 1 aliphatic carbocycles. The number of hydrogen-bond donors (Lipinski definition) is 0. The maximum absolute atomic E-state index is 13.4. The smallest absolute Gasteiger partial charge is 0.339 e. The fourth-order valence-electron chi connectivity index (χ4n) is 4.47. The summed E-state index contributed by atoms with van der Waals surface area (Å²) in [6.45, 7) is 1.76. The molecule has 5 nitrogen and oxygen atoms in total. The van der Waals surface area contributed by atoms with Crippen molar-refractivity contribution in [3.8, 4) is 0 Å². The molecule has 0 saturated heterocycles. The van der Waals surface area contributed by atoms with Crippen molar-refractivity contribution in [3.63, 3.8) is 0 Å². The van der Waals surface area contributed by atoms with Gasteiger partial charge in [0.15, 0.2) is 12.4 Å². The number of nitrogens with zero attached hydrogens (tertiary/aromatic N) is 1. The van der Waals surface area contributed by atoms with Gasteiger partial charge < -0.3 is 9.15 Å². The second-order valence-corrected chi connectivity index (χ2v) is 8.42. The van der Waals surface area contributed by atoms with Gasteiger partial charge in [-0.2, -0.15) is 0 Å². The second kappa shape index (κ2) is 9.48. The molecule has 5 heteroatoms. The van der Waals surface area contributed by atoms with Crippen LogP contribution in [0, 0.1) is 0 Å². The number of hydrogen-bond acceptors (Lipinski definition) is 5. The molecule has 0 saturated carbocycles. The largest absolute Gasteiger partial charge is 0.465 e. The lowest BCUT2D eigenvalue weighted by Crippen LogP contribution is -2.18. The van der Waals surface area contributed by atoms with Gasteiger partial charge in [0.25, 0.3) is 0 Å². The Morgan fingerprint density at radius 2 is 1.85 bits per heavy atom. The third-order valence-corrected chi connectivity index (χ3v) is 6.25. The van der Waals surface area contributed by atoms with Crippen molar-refractivity contribution >= 4 is 34.3 Å². The number of benzene rings is 2. The van der Waals surface area contributed by atoms with Crippen LogP contribution in [0.1, 0.15) is 63.1 Å². The Kier molecular flexibility index (Phi) is 6.09. The number of rotatable bonds is 6. The molecule has 0 spiro atoms. The van der Waals surface area contributed by atoms with E-state index in [1.807, 2.05) is 54.6 Å². The highest BCUT2D eigenvalue weighted by atomic mass is 16.5. The van der Waals surface area contributed by atoms with Gasteiger partial charge in [-0.05, 0) is 66.7 Å². The van der Waals surface area contributed by atoms with Gasteiger partial charge in [0.2, 0.25) is 0 Å². The van der Waals surface area contributed by atoms with Crippen LogP contribution in [0.5, 0.6) is 0 Å². The Hall–Kier alpha value is -3.99. The van der Waals surface area contributed by atoms with E-state index in [1.165, 1.54) is 0 Å². The van der Waals surface area contributed by atoms with Gasteiger partial charge in [-0.3, -0.25) is 4.79 Å². The first-order valence-corrected chi connectivity index (χ1v) is 11.6. The molecule has 170 valence electrons. The van der Waals surface area contributed by atoms with Crippen LogP contribution in [-0.4, -0.2) is 23.3 Å². The highest BCUT2D eigenvalue weighted by molar-refractivity contribution is 6.07. The fourth-order valence-corrected chi connectivity index (χ4v) is 4.47. The van der Waals surface area contributed by atoms with Crippen LogP contribution in [0.2, 0.25) is 0 Å². The monoisotopic (exact) mass is 451 g/mol. The molecule has 0 atom stereocenters. The number of furan rings is 1. The normalized spacial score (nSPS) is 14.2. The number of carbonyl (C=O) groups is 2. The minimum absolute atomic E-state index is 0.221. The molecular formula is C29H25NO4. The number of aryl methyl sites for hydroxylation is 1. The number of para-hydroxylation sites is 1. The van der Waals surface area contributed by atoms with Gasteiger partial charge in [-0.25, -0.2) is 9.78 Å². The number of Topliss-reactive ketones (excluding diaryl/α,β-unsaturated/α-hetero) is 1. The van der Waals surface area contributed by atoms with E-state index >= 15 is 0 Å². The van der Waals surface area contributed by atoms with Crippen molar-refractivity contribution in [3.05, 3.63) is 101 Å². The summed E-state index contributed by atoms with van der Waals surface area (Å²) >= 11 is 0. The van der Waals surface area contributed by atoms with Crippen LogP contribution < -0.4 is 0 Å². The predicted molar refractivity (Wildman–Crippen MR) is 132 cm³/mol. The van der Waals surface area contributed by atoms with Gasteiger partial charge in [-0.15, -0.1) is 0 Å². The lowest BCUT2D eigenvalue weighted by Gasteiger charge is -2.22.